The molecule has 0 aliphatic rings. The number of benzene rings is 1. The van der Waals surface area contributed by atoms with Gasteiger partial charge >= 0.3 is 0 Å². The molecule has 1 aromatic carbocycles. The average Bonchev–Trinajstić information content (AvgIpc) is 3.11. The van der Waals surface area contributed by atoms with Crippen LogP contribution in [0.15, 0.2) is 48.1 Å². The molecule has 4 aromatic rings. The first-order chi connectivity index (χ1) is 11.6. The molecule has 7 heteroatoms. The van der Waals surface area contributed by atoms with E-state index >= 15 is 0 Å². The standard InChI is InChI=1S/C17H12ClFN4S/c1-10-9-24-17-22-15(13-6-7-20-8-14(13)18)16(23(10)17)21-12-4-2-11(19)3-5-12/h2-9,21H,1H3. The largest absolute Gasteiger partial charge is 0.339 e. The van der Waals surface area contributed by atoms with Crippen molar-refractivity contribution in [3.63, 3.8) is 0 Å². The number of imidazole rings is 1. The molecule has 0 unspecified atom stereocenters. The van der Waals surface area contributed by atoms with Gasteiger partial charge in [-0.25, -0.2) is 9.37 Å². The number of anilines is 2. The van der Waals surface area contributed by atoms with Crippen molar-refractivity contribution in [1.82, 2.24) is 14.4 Å². The van der Waals surface area contributed by atoms with Gasteiger partial charge < -0.3 is 5.32 Å². The predicted molar refractivity (Wildman–Crippen MR) is 95.7 cm³/mol. The van der Waals surface area contributed by atoms with Crippen LogP contribution in [-0.2, 0) is 0 Å². The van der Waals surface area contributed by atoms with Gasteiger partial charge in [-0.05, 0) is 37.3 Å². The number of nitrogens with one attached hydrogen (secondary N) is 1. The van der Waals surface area contributed by atoms with Crippen molar-refractivity contribution < 1.29 is 4.39 Å². The van der Waals surface area contributed by atoms with E-state index in [0.717, 1.165) is 33.4 Å². The lowest BCUT2D eigenvalue weighted by atomic mass is 10.2. The third-order valence-electron chi connectivity index (χ3n) is 3.67. The van der Waals surface area contributed by atoms with Gasteiger partial charge in [0.15, 0.2) is 4.96 Å². The van der Waals surface area contributed by atoms with Crippen molar-refractivity contribution in [3.8, 4) is 11.3 Å². The molecular formula is C17H12ClFN4S. The number of hydrogen-bond acceptors (Lipinski definition) is 4. The number of nitrogens with zero attached hydrogens (tertiary/aromatic N) is 3. The Morgan fingerprint density at radius 2 is 2.00 bits per heavy atom. The second kappa shape index (κ2) is 5.89. The van der Waals surface area contributed by atoms with E-state index in [0.29, 0.717) is 5.02 Å². The summed E-state index contributed by atoms with van der Waals surface area (Å²) in [5, 5.41) is 5.91. The lowest BCUT2D eigenvalue weighted by Crippen LogP contribution is -1.98. The van der Waals surface area contributed by atoms with Crippen molar-refractivity contribution in [2.75, 3.05) is 5.32 Å². The van der Waals surface area contributed by atoms with Crippen LogP contribution in [0.3, 0.4) is 0 Å². The van der Waals surface area contributed by atoms with Crippen LogP contribution in [0.4, 0.5) is 15.9 Å². The Bertz CT molecular complexity index is 1020. The highest BCUT2D eigenvalue weighted by molar-refractivity contribution is 7.15. The quantitative estimate of drug-likeness (QED) is 0.540. The molecule has 1 N–H and O–H groups in total. The third kappa shape index (κ3) is 2.53. The van der Waals surface area contributed by atoms with Gasteiger partial charge in [-0.15, -0.1) is 11.3 Å². The monoisotopic (exact) mass is 358 g/mol. The molecule has 3 aromatic heterocycles. The average molecular weight is 359 g/mol. The highest BCUT2D eigenvalue weighted by Crippen LogP contribution is 2.36. The summed E-state index contributed by atoms with van der Waals surface area (Å²) in [6, 6.07) is 8.04. The number of rotatable bonds is 3. The van der Waals surface area contributed by atoms with Gasteiger partial charge in [0.2, 0.25) is 0 Å². The van der Waals surface area contributed by atoms with E-state index in [-0.39, 0.29) is 5.82 Å². The van der Waals surface area contributed by atoms with Crippen molar-refractivity contribution in [3.05, 3.63) is 64.6 Å². The van der Waals surface area contributed by atoms with Crippen LogP contribution in [-0.4, -0.2) is 14.4 Å². The van der Waals surface area contributed by atoms with Crippen molar-refractivity contribution in [2.24, 2.45) is 0 Å². The molecule has 0 spiro atoms. The van der Waals surface area contributed by atoms with Crippen molar-refractivity contribution in [2.45, 2.75) is 6.92 Å². The Labute approximate surface area is 146 Å². The van der Waals surface area contributed by atoms with Crippen LogP contribution in [0, 0.1) is 12.7 Å². The molecule has 3 heterocycles. The first-order valence-electron chi connectivity index (χ1n) is 7.22. The summed E-state index contributed by atoms with van der Waals surface area (Å²) in [7, 11) is 0. The molecule has 4 nitrogen and oxygen atoms in total. The van der Waals surface area contributed by atoms with E-state index < -0.39 is 0 Å². The van der Waals surface area contributed by atoms with E-state index in [9.17, 15) is 4.39 Å². The first-order valence-corrected chi connectivity index (χ1v) is 8.48. The second-order valence-corrected chi connectivity index (χ2v) is 6.54. The normalized spacial score (nSPS) is 11.1. The number of aromatic nitrogens is 3. The minimum absolute atomic E-state index is 0.275. The molecule has 120 valence electrons. The number of fused-ring (bicyclic) bond motifs is 1. The molecule has 0 radical (unpaired) electrons. The van der Waals surface area contributed by atoms with E-state index in [2.05, 4.69) is 10.3 Å². The Morgan fingerprint density at radius 3 is 2.75 bits per heavy atom. The van der Waals surface area contributed by atoms with E-state index in [1.165, 1.54) is 12.1 Å². The number of aryl methyl sites for hydroxylation is 1. The Hall–Kier alpha value is -2.44. The molecule has 0 aliphatic carbocycles. The van der Waals surface area contributed by atoms with Crippen LogP contribution >= 0.6 is 22.9 Å². The Kier molecular flexibility index (Phi) is 3.70. The maximum atomic E-state index is 13.2. The summed E-state index contributed by atoms with van der Waals surface area (Å²) >= 11 is 7.86. The fourth-order valence-electron chi connectivity index (χ4n) is 2.54. The zero-order chi connectivity index (χ0) is 16.7. The zero-order valence-electron chi connectivity index (χ0n) is 12.6. The number of halogens is 2. The Morgan fingerprint density at radius 1 is 1.21 bits per heavy atom. The smallest absolute Gasteiger partial charge is 0.196 e. The lowest BCUT2D eigenvalue weighted by molar-refractivity contribution is 0.628. The summed E-state index contributed by atoms with van der Waals surface area (Å²) in [5.74, 6) is 0.520. The summed E-state index contributed by atoms with van der Waals surface area (Å²) in [5.41, 5.74) is 3.37. The highest BCUT2D eigenvalue weighted by atomic mass is 35.5. The first kappa shape index (κ1) is 15.1. The van der Waals surface area contributed by atoms with E-state index in [1.54, 1.807) is 35.9 Å². The third-order valence-corrected chi connectivity index (χ3v) is 4.91. The summed E-state index contributed by atoms with van der Waals surface area (Å²) < 4.78 is 15.2. The van der Waals surface area contributed by atoms with Crippen LogP contribution in [0.25, 0.3) is 16.2 Å². The SMILES string of the molecule is Cc1csc2nc(-c3ccncc3Cl)c(Nc3ccc(F)cc3)n12. The molecular weight excluding hydrogens is 347 g/mol. The fraction of sp³-hybridized carbons (Fsp3) is 0.0588. The van der Waals surface area contributed by atoms with Gasteiger partial charge in [0.05, 0.1) is 5.02 Å². The van der Waals surface area contributed by atoms with Crippen LogP contribution < -0.4 is 5.32 Å². The minimum atomic E-state index is -0.275. The van der Waals surface area contributed by atoms with Crippen molar-refractivity contribution in [1.29, 1.82) is 0 Å². The molecule has 0 saturated heterocycles. The van der Waals surface area contributed by atoms with Gasteiger partial charge in [0, 0.05) is 34.7 Å². The van der Waals surface area contributed by atoms with Crippen LogP contribution in [0.2, 0.25) is 5.02 Å². The topological polar surface area (TPSA) is 42.2 Å². The van der Waals surface area contributed by atoms with Gasteiger partial charge in [0.25, 0.3) is 0 Å². The maximum absolute atomic E-state index is 13.2. The van der Waals surface area contributed by atoms with Gasteiger partial charge in [-0.2, -0.15) is 0 Å². The van der Waals surface area contributed by atoms with Gasteiger partial charge in [-0.1, -0.05) is 11.6 Å². The summed E-state index contributed by atoms with van der Waals surface area (Å²) in [4.78, 5) is 9.60. The molecule has 0 aliphatic heterocycles. The van der Waals surface area contributed by atoms with E-state index in [4.69, 9.17) is 16.6 Å². The minimum Gasteiger partial charge on any atom is -0.339 e. The number of thiazole rings is 1. The van der Waals surface area contributed by atoms with Crippen LogP contribution in [0.5, 0.6) is 0 Å². The van der Waals surface area contributed by atoms with E-state index in [1.807, 2.05) is 22.8 Å². The Balaban J connectivity index is 1.91. The predicted octanol–water partition coefficient (Wildman–Crippen LogP) is 5.30. The second-order valence-electron chi connectivity index (χ2n) is 5.29. The molecule has 0 atom stereocenters. The molecule has 0 bridgehead atoms. The summed E-state index contributed by atoms with van der Waals surface area (Å²) in [6.07, 6.45) is 3.28. The number of pyridine rings is 1. The highest BCUT2D eigenvalue weighted by Gasteiger charge is 2.19. The molecule has 0 saturated carbocycles. The molecule has 4 rings (SSSR count). The lowest BCUT2D eigenvalue weighted by Gasteiger charge is -2.10. The molecule has 24 heavy (non-hydrogen) atoms. The fourth-order valence-corrected chi connectivity index (χ4v) is 3.61. The number of hydrogen-bond donors (Lipinski definition) is 1. The van der Waals surface area contributed by atoms with Gasteiger partial charge in [-0.3, -0.25) is 9.38 Å². The maximum Gasteiger partial charge on any atom is 0.196 e. The molecule has 0 amide bonds. The van der Waals surface area contributed by atoms with Crippen LogP contribution in [0.1, 0.15) is 5.69 Å². The van der Waals surface area contributed by atoms with Crippen molar-refractivity contribution >= 4 is 39.4 Å². The zero-order valence-corrected chi connectivity index (χ0v) is 14.2. The van der Waals surface area contributed by atoms with Gasteiger partial charge in [0.1, 0.15) is 17.3 Å². The molecule has 0 fully saturated rings. The summed E-state index contributed by atoms with van der Waals surface area (Å²) in [6.45, 7) is 2.01.